The van der Waals surface area contributed by atoms with Crippen LogP contribution in [0.5, 0.6) is 0 Å². The molecule has 3 heterocycles. The van der Waals surface area contributed by atoms with Gasteiger partial charge < -0.3 is 14.5 Å². The Morgan fingerprint density at radius 2 is 1.68 bits per heavy atom. The monoisotopic (exact) mass is 346 g/mol. The fourth-order valence-electron chi connectivity index (χ4n) is 3.21. The van der Waals surface area contributed by atoms with E-state index in [0.717, 1.165) is 18.7 Å². The van der Waals surface area contributed by atoms with E-state index in [9.17, 15) is 9.59 Å². The Labute approximate surface area is 148 Å². The molecule has 1 aromatic rings. The van der Waals surface area contributed by atoms with Crippen LogP contribution in [0, 0.1) is 0 Å². The summed E-state index contributed by atoms with van der Waals surface area (Å²) in [5, 5.41) is 0. The van der Waals surface area contributed by atoms with Crippen LogP contribution in [-0.4, -0.2) is 90.5 Å². The van der Waals surface area contributed by atoms with Crippen molar-refractivity contribution in [1.82, 2.24) is 19.7 Å². The average molecular weight is 346 g/mol. The first-order valence-electron chi connectivity index (χ1n) is 8.97. The fraction of sp³-hybridized carbons (Fsp3) is 0.611. The molecule has 1 aromatic heterocycles. The minimum absolute atomic E-state index is 0.157. The molecule has 3 rings (SSSR count). The predicted octanol–water partition coefficient (Wildman–Crippen LogP) is 0.0172. The zero-order valence-electron chi connectivity index (χ0n) is 14.6. The lowest BCUT2D eigenvalue weighted by atomic mass is 10.1. The maximum Gasteiger partial charge on any atom is 0.236 e. The first-order chi connectivity index (χ1) is 12.2. The van der Waals surface area contributed by atoms with Crippen LogP contribution in [0.15, 0.2) is 24.5 Å². The lowest BCUT2D eigenvalue weighted by Gasteiger charge is -2.36. The Balaban J connectivity index is 1.38. The number of aromatic nitrogens is 1. The van der Waals surface area contributed by atoms with E-state index < -0.39 is 0 Å². The highest BCUT2D eigenvalue weighted by Crippen LogP contribution is 2.08. The van der Waals surface area contributed by atoms with Crippen LogP contribution in [0.2, 0.25) is 0 Å². The number of amides is 2. The van der Waals surface area contributed by atoms with E-state index in [0.29, 0.717) is 58.8 Å². The van der Waals surface area contributed by atoms with E-state index in [1.807, 2.05) is 21.9 Å². The molecule has 2 aliphatic rings. The second-order valence-electron chi connectivity index (χ2n) is 6.51. The van der Waals surface area contributed by atoms with E-state index in [-0.39, 0.29) is 11.8 Å². The van der Waals surface area contributed by atoms with Crippen molar-refractivity contribution < 1.29 is 14.3 Å². The molecule has 0 unspecified atom stereocenters. The molecular formula is C18H26N4O3. The van der Waals surface area contributed by atoms with Crippen LogP contribution in [0.25, 0.3) is 0 Å². The van der Waals surface area contributed by atoms with Gasteiger partial charge >= 0.3 is 0 Å². The highest BCUT2D eigenvalue weighted by Gasteiger charge is 2.25. The predicted molar refractivity (Wildman–Crippen MR) is 93.0 cm³/mol. The van der Waals surface area contributed by atoms with Gasteiger partial charge in [-0.05, 0) is 18.1 Å². The van der Waals surface area contributed by atoms with Crippen LogP contribution in [-0.2, 0) is 20.7 Å². The van der Waals surface area contributed by atoms with Gasteiger partial charge in [-0.3, -0.25) is 19.5 Å². The van der Waals surface area contributed by atoms with Gasteiger partial charge in [0.1, 0.15) is 0 Å². The number of rotatable bonds is 5. The Bertz CT molecular complexity index is 567. The molecule has 2 aliphatic heterocycles. The van der Waals surface area contributed by atoms with E-state index >= 15 is 0 Å². The number of carbonyl (C=O) groups is 2. The molecule has 0 radical (unpaired) electrons. The Kier molecular flexibility index (Phi) is 6.36. The van der Waals surface area contributed by atoms with Crippen molar-refractivity contribution in [2.45, 2.75) is 12.8 Å². The average Bonchev–Trinajstić information content (AvgIpc) is 2.68. The van der Waals surface area contributed by atoms with Gasteiger partial charge in [0.05, 0.1) is 19.8 Å². The number of aryl methyl sites for hydroxylation is 1. The van der Waals surface area contributed by atoms with Gasteiger partial charge in [0.25, 0.3) is 0 Å². The molecule has 25 heavy (non-hydrogen) atoms. The number of morpholine rings is 1. The normalized spacial score (nSPS) is 19.0. The molecular weight excluding hydrogens is 320 g/mol. The maximum atomic E-state index is 12.4. The number of nitrogens with zero attached hydrogens (tertiary/aromatic N) is 4. The summed E-state index contributed by atoms with van der Waals surface area (Å²) in [7, 11) is 0. The summed E-state index contributed by atoms with van der Waals surface area (Å²) in [6.45, 7) is 6.00. The number of ether oxygens (including phenoxy) is 1. The molecule has 136 valence electrons. The standard InChI is InChI=1S/C18H26N4O3/c23-17(4-3-16-2-1-5-19-14-16)21-6-8-22(9-7-21)18(24)15-20-10-12-25-13-11-20/h1-2,5,14H,3-4,6-13,15H2. The first kappa shape index (κ1) is 17.8. The summed E-state index contributed by atoms with van der Waals surface area (Å²) in [6, 6.07) is 3.88. The minimum Gasteiger partial charge on any atom is -0.379 e. The summed E-state index contributed by atoms with van der Waals surface area (Å²) in [5.74, 6) is 0.313. The third-order valence-electron chi connectivity index (χ3n) is 4.80. The summed E-state index contributed by atoms with van der Waals surface area (Å²) in [5.41, 5.74) is 1.08. The second-order valence-corrected chi connectivity index (χ2v) is 6.51. The summed E-state index contributed by atoms with van der Waals surface area (Å²) in [6.07, 6.45) is 4.74. The van der Waals surface area contributed by atoms with Gasteiger partial charge in [-0.25, -0.2) is 0 Å². The lowest BCUT2D eigenvalue weighted by molar-refractivity contribution is -0.140. The minimum atomic E-state index is 0.157. The van der Waals surface area contributed by atoms with Crippen molar-refractivity contribution in [3.05, 3.63) is 30.1 Å². The van der Waals surface area contributed by atoms with Crippen molar-refractivity contribution in [3.8, 4) is 0 Å². The maximum absolute atomic E-state index is 12.4. The Morgan fingerprint density at radius 3 is 2.32 bits per heavy atom. The molecule has 0 bridgehead atoms. The molecule has 2 fully saturated rings. The SMILES string of the molecule is O=C(CCc1cccnc1)N1CCN(C(=O)CN2CCOCC2)CC1. The Hall–Kier alpha value is -1.99. The van der Waals surface area contributed by atoms with Gasteiger partial charge in [0.2, 0.25) is 11.8 Å². The van der Waals surface area contributed by atoms with Crippen LogP contribution >= 0.6 is 0 Å². The van der Waals surface area contributed by atoms with E-state index in [2.05, 4.69) is 9.88 Å². The highest BCUT2D eigenvalue weighted by molar-refractivity contribution is 5.79. The van der Waals surface area contributed by atoms with Gasteiger partial charge in [0, 0.05) is 58.1 Å². The van der Waals surface area contributed by atoms with Crippen LogP contribution < -0.4 is 0 Å². The molecule has 2 amide bonds. The van der Waals surface area contributed by atoms with Gasteiger partial charge in [0.15, 0.2) is 0 Å². The molecule has 0 saturated carbocycles. The van der Waals surface area contributed by atoms with E-state index in [1.165, 1.54) is 0 Å². The smallest absolute Gasteiger partial charge is 0.236 e. The third kappa shape index (κ3) is 5.24. The Morgan fingerprint density at radius 1 is 1.00 bits per heavy atom. The van der Waals surface area contributed by atoms with Crippen molar-refractivity contribution in [2.24, 2.45) is 0 Å². The molecule has 0 aromatic carbocycles. The van der Waals surface area contributed by atoms with Gasteiger partial charge in [-0.15, -0.1) is 0 Å². The van der Waals surface area contributed by atoms with E-state index in [1.54, 1.807) is 12.4 Å². The topological polar surface area (TPSA) is 66.0 Å². The van der Waals surface area contributed by atoms with Crippen LogP contribution in [0.3, 0.4) is 0 Å². The quantitative estimate of drug-likeness (QED) is 0.752. The molecule has 7 heteroatoms. The zero-order chi connectivity index (χ0) is 17.5. The molecule has 0 spiro atoms. The van der Waals surface area contributed by atoms with E-state index in [4.69, 9.17) is 4.74 Å². The fourth-order valence-corrected chi connectivity index (χ4v) is 3.21. The van der Waals surface area contributed by atoms with Crippen molar-refractivity contribution in [1.29, 1.82) is 0 Å². The second kappa shape index (κ2) is 8.92. The van der Waals surface area contributed by atoms with Crippen molar-refractivity contribution in [2.75, 3.05) is 59.0 Å². The molecule has 0 N–H and O–H groups in total. The summed E-state index contributed by atoms with van der Waals surface area (Å²) < 4.78 is 5.31. The third-order valence-corrected chi connectivity index (χ3v) is 4.80. The number of hydrogen-bond donors (Lipinski definition) is 0. The zero-order valence-corrected chi connectivity index (χ0v) is 14.6. The molecule has 2 saturated heterocycles. The first-order valence-corrected chi connectivity index (χ1v) is 8.97. The lowest BCUT2D eigenvalue weighted by Crippen LogP contribution is -2.53. The summed E-state index contributed by atoms with van der Waals surface area (Å²) >= 11 is 0. The van der Waals surface area contributed by atoms with Crippen LogP contribution in [0.1, 0.15) is 12.0 Å². The largest absolute Gasteiger partial charge is 0.379 e. The summed E-state index contributed by atoms with van der Waals surface area (Å²) in [4.78, 5) is 34.7. The van der Waals surface area contributed by atoms with Gasteiger partial charge in [-0.1, -0.05) is 6.07 Å². The number of pyridine rings is 1. The van der Waals surface area contributed by atoms with Crippen LogP contribution in [0.4, 0.5) is 0 Å². The molecule has 0 aliphatic carbocycles. The van der Waals surface area contributed by atoms with Crippen molar-refractivity contribution >= 4 is 11.8 Å². The number of piperazine rings is 1. The van der Waals surface area contributed by atoms with Gasteiger partial charge in [-0.2, -0.15) is 0 Å². The molecule has 0 atom stereocenters. The number of carbonyl (C=O) groups excluding carboxylic acids is 2. The van der Waals surface area contributed by atoms with Crippen molar-refractivity contribution in [3.63, 3.8) is 0 Å². The highest BCUT2D eigenvalue weighted by atomic mass is 16.5. The molecule has 7 nitrogen and oxygen atoms in total. The number of hydrogen-bond acceptors (Lipinski definition) is 5.